The molecular weight excluding hydrogens is 270 g/mol. The number of rotatable bonds is 6. The Morgan fingerprint density at radius 2 is 1.68 bits per heavy atom. The van der Waals surface area contributed by atoms with Gasteiger partial charge < -0.3 is 4.74 Å². The lowest BCUT2D eigenvalue weighted by Crippen LogP contribution is -2.03. The summed E-state index contributed by atoms with van der Waals surface area (Å²) in [6, 6.07) is 16.9. The monoisotopic (exact) mass is 293 g/mol. The average molecular weight is 293 g/mol. The predicted molar refractivity (Wildman–Crippen MR) is 90.2 cm³/mol. The summed E-state index contributed by atoms with van der Waals surface area (Å²) in [7, 11) is 0. The summed E-state index contributed by atoms with van der Waals surface area (Å²) < 4.78 is 5.86. The van der Waals surface area contributed by atoms with E-state index >= 15 is 0 Å². The van der Waals surface area contributed by atoms with Crippen molar-refractivity contribution in [2.24, 2.45) is 0 Å². The molecule has 2 aromatic carbocycles. The van der Waals surface area contributed by atoms with Crippen LogP contribution in [0.5, 0.6) is 5.75 Å². The molecule has 114 valence electrons. The average Bonchev–Trinajstić information content (AvgIpc) is 2.52. The van der Waals surface area contributed by atoms with E-state index in [1.54, 1.807) is 0 Å². The molecule has 0 saturated heterocycles. The van der Waals surface area contributed by atoms with Crippen molar-refractivity contribution in [1.82, 2.24) is 0 Å². The smallest absolute Gasteiger partial charge is 0.122 e. The lowest BCUT2D eigenvalue weighted by molar-refractivity contribution is 0.303. The van der Waals surface area contributed by atoms with E-state index in [1.807, 2.05) is 0 Å². The fraction of sp³-hybridized carbons (Fsp3) is 0.350. The highest BCUT2D eigenvalue weighted by molar-refractivity contribution is 5.36. The Kier molecular flexibility index (Phi) is 5.61. The second-order valence-corrected chi connectivity index (χ2v) is 5.85. The van der Waals surface area contributed by atoms with Crippen LogP contribution in [0.4, 0.5) is 0 Å². The van der Waals surface area contributed by atoms with Gasteiger partial charge in [0.15, 0.2) is 0 Å². The van der Waals surface area contributed by atoms with Gasteiger partial charge in [-0.1, -0.05) is 42.0 Å². The highest BCUT2D eigenvalue weighted by atomic mass is 16.5. The number of ether oxygens (including phenoxy) is 1. The van der Waals surface area contributed by atoms with E-state index in [1.165, 1.54) is 11.1 Å². The normalized spacial score (nSPS) is 11.7. The van der Waals surface area contributed by atoms with Crippen molar-refractivity contribution >= 4 is 0 Å². The zero-order valence-electron chi connectivity index (χ0n) is 13.6. The maximum Gasteiger partial charge on any atom is 0.122 e. The predicted octanol–water partition coefficient (Wildman–Crippen LogP) is 5.08. The first-order valence-electron chi connectivity index (χ1n) is 7.76. The molecule has 0 N–H and O–H groups in total. The summed E-state index contributed by atoms with van der Waals surface area (Å²) in [5.41, 5.74) is 4.68. The van der Waals surface area contributed by atoms with Crippen molar-refractivity contribution in [3.8, 4) is 11.8 Å². The Morgan fingerprint density at radius 3 is 2.36 bits per heavy atom. The van der Waals surface area contributed by atoms with Crippen LogP contribution in [0.3, 0.4) is 0 Å². The van der Waals surface area contributed by atoms with Gasteiger partial charge >= 0.3 is 0 Å². The van der Waals surface area contributed by atoms with Crippen LogP contribution in [0.25, 0.3) is 0 Å². The van der Waals surface area contributed by atoms with Crippen LogP contribution in [0.15, 0.2) is 42.5 Å². The van der Waals surface area contributed by atoms with Gasteiger partial charge in [-0.2, -0.15) is 5.26 Å². The standard InChI is InChI=1S/C20H23NO/c1-15-7-10-18(11-8-15)19(14-21)5-4-12-22-20-13-16(2)6-9-17(20)3/h6-11,13,19H,4-5,12H2,1-3H3. The van der Waals surface area contributed by atoms with E-state index in [9.17, 15) is 5.26 Å². The summed E-state index contributed by atoms with van der Waals surface area (Å²) in [5.74, 6) is 0.895. The van der Waals surface area contributed by atoms with Gasteiger partial charge in [0, 0.05) is 0 Å². The Labute approximate surface area is 133 Å². The van der Waals surface area contributed by atoms with E-state index in [2.05, 4.69) is 69.3 Å². The van der Waals surface area contributed by atoms with Crippen molar-refractivity contribution in [3.63, 3.8) is 0 Å². The highest BCUT2D eigenvalue weighted by Crippen LogP contribution is 2.23. The van der Waals surface area contributed by atoms with Gasteiger partial charge in [0.1, 0.15) is 5.75 Å². The largest absolute Gasteiger partial charge is 0.493 e. The van der Waals surface area contributed by atoms with Crippen LogP contribution in [0.2, 0.25) is 0 Å². The zero-order chi connectivity index (χ0) is 15.9. The molecular formula is C20H23NO. The van der Waals surface area contributed by atoms with Crippen LogP contribution in [-0.2, 0) is 0 Å². The third kappa shape index (κ3) is 4.36. The van der Waals surface area contributed by atoms with Crippen LogP contribution in [0.1, 0.15) is 41.0 Å². The Hall–Kier alpha value is -2.27. The number of hydrogen-bond acceptors (Lipinski definition) is 2. The molecule has 2 aromatic rings. The Balaban J connectivity index is 1.86. The third-order valence-corrected chi connectivity index (χ3v) is 3.87. The first-order chi connectivity index (χ1) is 10.6. The van der Waals surface area contributed by atoms with Crippen molar-refractivity contribution < 1.29 is 4.74 Å². The molecule has 22 heavy (non-hydrogen) atoms. The summed E-state index contributed by atoms with van der Waals surface area (Å²) >= 11 is 0. The number of nitriles is 1. The molecule has 2 heteroatoms. The van der Waals surface area contributed by atoms with E-state index in [0.717, 1.165) is 29.7 Å². The highest BCUT2D eigenvalue weighted by Gasteiger charge is 2.10. The van der Waals surface area contributed by atoms with E-state index in [0.29, 0.717) is 6.61 Å². The zero-order valence-corrected chi connectivity index (χ0v) is 13.6. The number of benzene rings is 2. The molecule has 0 aliphatic rings. The molecule has 0 amide bonds. The van der Waals surface area contributed by atoms with Gasteiger partial charge in [0.2, 0.25) is 0 Å². The van der Waals surface area contributed by atoms with E-state index < -0.39 is 0 Å². The van der Waals surface area contributed by atoms with Crippen LogP contribution in [-0.4, -0.2) is 6.61 Å². The molecule has 0 heterocycles. The molecule has 2 nitrogen and oxygen atoms in total. The molecule has 0 fully saturated rings. The van der Waals surface area contributed by atoms with Gasteiger partial charge in [0.25, 0.3) is 0 Å². The molecule has 0 radical (unpaired) electrons. The SMILES string of the molecule is Cc1ccc(C(C#N)CCCOc2cc(C)ccc2C)cc1. The molecule has 1 unspecified atom stereocenters. The molecule has 0 saturated carbocycles. The minimum absolute atomic E-state index is 0.0530. The molecule has 0 spiro atoms. The number of nitrogens with zero attached hydrogens (tertiary/aromatic N) is 1. The maximum absolute atomic E-state index is 9.35. The fourth-order valence-corrected chi connectivity index (χ4v) is 2.44. The molecule has 1 atom stereocenters. The number of hydrogen-bond donors (Lipinski definition) is 0. The minimum Gasteiger partial charge on any atom is -0.493 e. The van der Waals surface area contributed by atoms with Crippen molar-refractivity contribution in [2.75, 3.05) is 6.61 Å². The summed E-state index contributed by atoms with van der Waals surface area (Å²) in [6.07, 6.45) is 1.70. The van der Waals surface area contributed by atoms with Crippen molar-refractivity contribution in [1.29, 1.82) is 5.26 Å². The van der Waals surface area contributed by atoms with E-state index in [4.69, 9.17) is 4.74 Å². The minimum atomic E-state index is -0.0530. The molecule has 2 rings (SSSR count). The first kappa shape index (κ1) is 16.1. The molecule has 0 aromatic heterocycles. The van der Waals surface area contributed by atoms with E-state index in [-0.39, 0.29) is 5.92 Å². The molecule has 0 bridgehead atoms. The second kappa shape index (κ2) is 7.66. The lowest BCUT2D eigenvalue weighted by atomic mass is 9.95. The third-order valence-electron chi connectivity index (χ3n) is 3.87. The Bertz CT molecular complexity index is 652. The summed E-state index contributed by atoms with van der Waals surface area (Å²) in [4.78, 5) is 0. The maximum atomic E-state index is 9.35. The van der Waals surface area contributed by atoms with Crippen LogP contribution in [0, 0.1) is 32.1 Å². The molecule has 0 aliphatic heterocycles. The van der Waals surface area contributed by atoms with Gasteiger partial charge in [-0.05, 0) is 56.4 Å². The Morgan fingerprint density at radius 1 is 1.00 bits per heavy atom. The number of aryl methyl sites for hydroxylation is 3. The van der Waals surface area contributed by atoms with Crippen LogP contribution >= 0.6 is 0 Å². The summed E-state index contributed by atoms with van der Waals surface area (Å²) in [5, 5.41) is 9.35. The topological polar surface area (TPSA) is 33.0 Å². The quantitative estimate of drug-likeness (QED) is 0.696. The van der Waals surface area contributed by atoms with Crippen molar-refractivity contribution in [3.05, 3.63) is 64.7 Å². The van der Waals surface area contributed by atoms with Gasteiger partial charge in [0.05, 0.1) is 18.6 Å². The van der Waals surface area contributed by atoms with Crippen LogP contribution < -0.4 is 4.74 Å². The van der Waals surface area contributed by atoms with Gasteiger partial charge in [-0.3, -0.25) is 0 Å². The first-order valence-corrected chi connectivity index (χ1v) is 7.76. The fourth-order valence-electron chi connectivity index (χ4n) is 2.44. The molecule has 0 aliphatic carbocycles. The second-order valence-electron chi connectivity index (χ2n) is 5.85. The van der Waals surface area contributed by atoms with Crippen molar-refractivity contribution in [2.45, 2.75) is 39.5 Å². The van der Waals surface area contributed by atoms with Gasteiger partial charge in [-0.25, -0.2) is 0 Å². The lowest BCUT2D eigenvalue weighted by Gasteiger charge is -2.12. The summed E-state index contributed by atoms with van der Waals surface area (Å²) in [6.45, 7) is 6.83. The van der Waals surface area contributed by atoms with Gasteiger partial charge in [-0.15, -0.1) is 0 Å².